The second-order valence-electron chi connectivity index (χ2n) is 29.1. The van der Waals surface area contributed by atoms with E-state index in [1.165, 1.54) is 219 Å². The first kappa shape index (κ1) is 54.1. The number of anilines is 7. The molecule has 4 aliphatic heterocycles. The molecule has 4 bridgehead atoms. The molecule has 6 aliphatic rings. The second kappa shape index (κ2) is 20.7. The van der Waals surface area contributed by atoms with Gasteiger partial charge >= 0.3 is 0 Å². The smallest absolute Gasteiger partial charge is 0.252 e. The van der Waals surface area contributed by atoms with E-state index in [2.05, 4.69) is 306 Å². The third kappa shape index (κ3) is 8.17. The molecule has 4 heteroatoms. The molecule has 2 saturated heterocycles. The summed E-state index contributed by atoms with van der Waals surface area (Å²) in [6.45, 7) is -0.0476. The fraction of sp³-hybridized carbons (Fsp3) is 0.118. The first-order valence-corrected chi connectivity index (χ1v) is 35.3. The molecule has 17 aromatic carbocycles. The van der Waals surface area contributed by atoms with Crippen LogP contribution in [0.2, 0.25) is 0 Å². The van der Waals surface area contributed by atoms with Crippen LogP contribution < -0.4 is 31.1 Å². The molecule has 4 fully saturated rings. The molecule has 0 radical (unpaired) electrons. The zero-order valence-corrected chi connectivity index (χ0v) is 53.9. The van der Waals surface area contributed by atoms with E-state index in [0.717, 1.165) is 24.7 Å². The van der Waals surface area contributed by atoms with E-state index in [1.54, 1.807) is 0 Å². The Morgan fingerprint density at radius 3 is 1.05 bits per heavy atom. The van der Waals surface area contributed by atoms with Crippen LogP contribution in [0.4, 0.5) is 39.8 Å². The first-order chi connectivity index (χ1) is 48.0. The topological polar surface area (TPSA) is 9.72 Å². The molecule has 0 amide bonds. The molecule has 2 aliphatic carbocycles. The Morgan fingerprint density at radius 2 is 0.639 bits per heavy atom. The molecule has 17 aromatic rings. The predicted octanol–water partition coefficient (Wildman–Crippen LogP) is 22.2. The fourth-order valence-electron chi connectivity index (χ4n) is 19.9. The SMILES string of the molecule is c1ccc(-c2ccc(N3c4cc(Cc5cc6cccc7c8cccc9cccc(c(c5)c67)c98)ccc4B4c5ccc(Cc6cc7cccc8c9cccc%10cccc(c(c6)c78)c%109)cc5N(c5ccc(-c6ccccc6)cc5)c5cc(N6C7CC8CC(C7)CC6C8)cc3c54)cc2)cc1. The third-order valence-electron chi connectivity index (χ3n) is 23.7. The van der Waals surface area contributed by atoms with Gasteiger partial charge in [0.05, 0.1) is 0 Å². The Morgan fingerprint density at radius 1 is 0.268 bits per heavy atom. The van der Waals surface area contributed by atoms with Gasteiger partial charge in [-0.3, -0.25) is 0 Å². The minimum absolute atomic E-state index is 0.0476. The number of hydrogen-bond donors (Lipinski definition) is 0. The summed E-state index contributed by atoms with van der Waals surface area (Å²) < 4.78 is 0. The molecule has 456 valence electrons. The molecule has 97 heavy (non-hydrogen) atoms. The van der Waals surface area contributed by atoms with Gasteiger partial charge in [0, 0.05) is 51.9 Å². The largest absolute Gasteiger partial charge is 0.365 e. The first-order valence-electron chi connectivity index (χ1n) is 35.3. The Balaban J connectivity index is 0.766. The van der Waals surface area contributed by atoms with Gasteiger partial charge in [-0.1, -0.05) is 243 Å². The van der Waals surface area contributed by atoms with Crippen LogP contribution in [0, 0.1) is 11.8 Å². The summed E-state index contributed by atoms with van der Waals surface area (Å²) in [5.41, 5.74) is 23.0. The highest BCUT2D eigenvalue weighted by atomic mass is 15.2. The van der Waals surface area contributed by atoms with Gasteiger partial charge in [-0.15, -0.1) is 0 Å². The van der Waals surface area contributed by atoms with Crippen molar-refractivity contribution in [3.63, 3.8) is 0 Å². The van der Waals surface area contributed by atoms with Crippen LogP contribution >= 0.6 is 0 Å². The minimum Gasteiger partial charge on any atom is -0.365 e. The normalized spacial score (nSPS) is 17.7. The molecular formula is C93H66BN3. The van der Waals surface area contributed by atoms with Crippen LogP contribution in [0.15, 0.2) is 291 Å². The summed E-state index contributed by atoms with van der Waals surface area (Å²) in [7, 11) is 0. The Bertz CT molecular complexity index is 5710. The van der Waals surface area contributed by atoms with E-state index in [4.69, 9.17) is 0 Å². The highest BCUT2D eigenvalue weighted by Gasteiger charge is 2.49. The van der Waals surface area contributed by atoms with Crippen molar-refractivity contribution < 1.29 is 0 Å². The summed E-state index contributed by atoms with van der Waals surface area (Å²) in [4.78, 5) is 8.31. The van der Waals surface area contributed by atoms with Crippen molar-refractivity contribution in [2.75, 3.05) is 14.7 Å². The van der Waals surface area contributed by atoms with Gasteiger partial charge < -0.3 is 14.7 Å². The van der Waals surface area contributed by atoms with Crippen molar-refractivity contribution >= 4 is 149 Å². The lowest BCUT2D eigenvalue weighted by molar-refractivity contribution is 0.0900. The molecule has 0 aromatic heterocycles. The van der Waals surface area contributed by atoms with Crippen LogP contribution in [0.25, 0.3) is 108 Å². The molecule has 0 unspecified atom stereocenters. The van der Waals surface area contributed by atoms with Crippen molar-refractivity contribution in [3.05, 3.63) is 313 Å². The molecule has 0 spiro atoms. The van der Waals surface area contributed by atoms with Crippen molar-refractivity contribution in [1.82, 2.24) is 0 Å². The molecule has 0 atom stereocenters. The van der Waals surface area contributed by atoms with Gasteiger partial charge in [-0.05, 0) is 252 Å². The van der Waals surface area contributed by atoms with Crippen LogP contribution in [0.3, 0.4) is 0 Å². The Labute approximate surface area is 564 Å². The van der Waals surface area contributed by atoms with E-state index < -0.39 is 0 Å². The maximum atomic E-state index is 2.94. The molecule has 23 rings (SSSR count). The van der Waals surface area contributed by atoms with Crippen LogP contribution in [-0.4, -0.2) is 18.8 Å². The minimum atomic E-state index is -0.0476. The van der Waals surface area contributed by atoms with Gasteiger partial charge in [0.25, 0.3) is 6.71 Å². The maximum absolute atomic E-state index is 2.94. The Kier molecular flexibility index (Phi) is 11.5. The monoisotopic (exact) mass is 1240 g/mol. The van der Waals surface area contributed by atoms with E-state index in [0.29, 0.717) is 12.1 Å². The summed E-state index contributed by atoms with van der Waals surface area (Å²) in [6, 6.07) is 114. The fourth-order valence-corrected chi connectivity index (χ4v) is 19.9. The van der Waals surface area contributed by atoms with Crippen LogP contribution in [-0.2, 0) is 12.8 Å². The maximum Gasteiger partial charge on any atom is 0.252 e. The number of nitrogens with zero attached hydrogens (tertiary/aromatic N) is 3. The standard InChI is InChI=1S/C93H66BN3/c1-3-13-62(14-4-1)64-31-35-70(36-32-64)96-85-52-56(41-58-44-68-21-11-25-77-75-23-7-17-66-19-9-27-79(89(66)75)81(50-58)91(68)77)29-39-83(85)94-84-40-30-57(42-59-45-69-22-12-26-78-76-24-8-18-67-20-10-28-80(90(67)76)82(51-59)92(69)78)53-86(84)97(71-37-33-65(34-38-71)63-15-5-2-6-16-63)88-55-74(54-87(96)93(88)94)95-72-46-60-43-61(48-72)49-73(95)47-60/h1-40,44-45,50-55,60-61,72-73H,41-43,46-49H2. The van der Waals surface area contributed by atoms with E-state index >= 15 is 0 Å². The van der Waals surface area contributed by atoms with Gasteiger partial charge in [0.15, 0.2) is 0 Å². The lowest BCUT2D eigenvalue weighted by Crippen LogP contribution is -2.62. The van der Waals surface area contributed by atoms with Gasteiger partial charge in [-0.2, -0.15) is 0 Å². The van der Waals surface area contributed by atoms with Gasteiger partial charge in [0.2, 0.25) is 0 Å². The van der Waals surface area contributed by atoms with Crippen LogP contribution in [0.1, 0.15) is 54.4 Å². The summed E-state index contributed by atoms with van der Waals surface area (Å²) in [5, 5.41) is 21.3. The predicted molar refractivity (Wildman–Crippen MR) is 412 cm³/mol. The quantitative estimate of drug-likeness (QED) is 0.0810. The third-order valence-corrected chi connectivity index (χ3v) is 23.7. The van der Waals surface area contributed by atoms with E-state index in [1.807, 2.05) is 0 Å². The average Bonchev–Trinajstić information content (AvgIpc) is 0.697. The number of piperidine rings is 2. The summed E-state index contributed by atoms with van der Waals surface area (Å²) in [6.07, 6.45) is 8.15. The molecule has 4 heterocycles. The summed E-state index contributed by atoms with van der Waals surface area (Å²) >= 11 is 0. The van der Waals surface area contributed by atoms with Gasteiger partial charge in [0.1, 0.15) is 0 Å². The highest BCUT2D eigenvalue weighted by molar-refractivity contribution is 7.00. The second-order valence-corrected chi connectivity index (χ2v) is 29.1. The van der Waals surface area contributed by atoms with E-state index in [9.17, 15) is 0 Å². The van der Waals surface area contributed by atoms with Crippen molar-refractivity contribution in [2.45, 2.75) is 57.0 Å². The number of rotatable bonds is 9. The average molecular weight is 1240 g/mol. The van der Waals surface area contributed by atoms with Crippen LogP contribution in [0.5, 0.6) is 0 Å². The van der Waals surface area contributed by atoms with Gasteiger partial charge in [-0.25, -0.2) is 0 Å². The zero-order valence-electron chi connectivity index (χ0n) is 53.9. The molecule has 0 N–H and O–H groups in total. The molecule has 3 nitrogen and oxygen atoms in total. The molecular weight excluding hydrogens is 1170 g/mol. The highest BCUT2D eigenvalue weighted by Crippen LogP contribution is 2.54. The lowest BCUT2D eigenvalue weighted by atomic mass is 9.33. The lowest BCUT2D eigenvalue weighted by Gasteiger charge is -2.58. The number of hydrogen-bond acceptors (Lipinski definition) is 3. The van der Waals surface area contributed by atoms with E-state index in [-0.39, 0.29) is 6.71 Å². The zero-order chi connectivity index (χ0) is 63.1. The Hall–Kier alpha value is -11.2. The molecule has 2 saturated carbocycles. The summed E-state index contributed by atoms with van der Waals surface area (Å²) in [5.74, 6) is 1.66. The van der Waals surface area contributed by atoms with Crippen molar-refractivity contribution in [3.8, 4) is 22.3 Å². The van der Waals surface area contributed by atoms with Crippen molar-refractivity contribution in [1.29, 1.82) is 0 Å². The number of fused-ring (bicyclic) bond motifs is 8. The number of benzene rings is 17. The van der Waals surface area contributed by atoms with Crippen molar-refractivity contribution in [2.24, 2.45) is 11.8 Å².